The van der Waals surface area contributed by atoms with Crippen molar-refractivity contribution in [3.05, 3.63) is 53.2 Å². The number of halogens is 6. The first-order chi connectivity index (χ1) is 15.8. The number of nitrogens with one attached hydrogen (secondary N) is 3. The Kier molecular flexibility index (Phi) is 6.83. The summed E-state index contributed by atoms with van der Waals surface area (Å²) in [5.41, 5.74) is -2.20. The van der Waals surface area contributed by atoms with Gasteiger partial charge in [-0.15, -0.1) is 0 Å². The fraction of sp³-hybridized carbons (Fsp3) is 0.333. The molecule has 180 valence electrons. The van der Waals surface area contributed by atoms with Gasteiger partial charge >= 0.3 is 12.4 Å². The van der Waals surface area contributed by atoms with Crippen LogP contribution in [0, 0.1) is 11.3 Å². The Morgan fingerprint density at radius 3 is 2.35 bits per heavy atom. The van der Waals surface area contributed by atoms with Gasteiger partial charge in [0.15, 0.2) is 0 Å². The Bertz CT molecular complexity index is 1120. The molecule has 0 radical (unpaired) electrons. The molecule has 2 amide bonds. The number of nitriles is 1. The van der Waals surface area contributed by atoms with Crippen LogP contribution in [0.25, 0.3) is 0 Å². The monoisotopic (exact) mass is 485 g/mol. The van der Waals surface area contributed by atoms with Crippen LogP contribution in [-0.2, 0) is 15.8 Å². The van der Waals surface area contributed by atoms with Gasteiger partial charge in [-0.2, -0.15) is 31.6 Å². The number of carbonyl (C=O) groups is 2. The summed E-state index contributed by atoms with van der Waals surface area (Å²) in [6, 6.07) is 2.86. The predicted octanol–water partition coefficient (Wildman–Crippen LogP) is 3.95. The van der Waals surface area contributed by atoms with Crippen LogP contribution in [0.2, 0.25) is 0 Å². The Morgan fingerprint density at radius 2 is 1.82 bits per heavy atom. The lowest BCUT2D eigenvalue weighted by Gasteiger charge is -2.23. The number of amides is 2. The summed E-state index contributed by atoms with van der Waals surface area (Å²) in [5, 5.41) is 15.9. The maximum atomic E-state index is 13.7. The summed E-state index contributed by atoms with van der Waals surface area (Å²) >= 11 is 0. The van der Waals surface area contributed by atoms with Crippen LogP contribution in [-0.4, -0.2) is 35.1 Å². The second-order valence-corrected chi connectivity index (χ2v) is 7.60. The van der Waals surface area contributed by atoms with Crippen LogP contribution in [0.4, 0.5) is 37.8 Å². The molecule has 34 heavy (non-hydrogen) atoms. The number of nitrogens with zero attached hydrogens (tertiary/aromatic N) is 2. The molecular formula is C21H17F6N5O2. The molecule has 2 heterocycles. The molecule has 0 aliphatic carbocycles. The van der Waals surface area contributed by atoms with Gasteiger partial charge in [-0.05, 0) is 36.2 Å². The molecule has 13 heteroatoms. The van der Waals surface area contributed by atoms with Gasteiger partial charge in [-0.3, -0.25) is 14.9 Å². The number of carbonyl (C=O) groups excluding carboxylic acids is 2. The molecular weight excluding hydrogens is 468 g/mol. The van der Waals surface area contributed by atoms with Crippen LogP contribution in [0.15, 0.2) is 36.5 Å². The fourth-order valence-corrected chi connectivity index (χ4v) is 3.70. The first-order valence-corrected chi connectivity index (χ1v) is 9.78. The molecule has 2 aromatic rings. The van der Waals surface area contributed by atoms with Crippen LogP contribution in [0.3, 0.4) is 0 Å². The van der Waals surface area contributed by atoms with Crippen LogP contribution < -0.4 is 16.0 Å². The Morgan fingerprint density at radius 1 is 1.12 bits per heavy atom. The number of aromatic nitrogens is 1. The normalized spacial score (nSPS) is 20.5. The molecule has 3 N–H and O–H groups in total. The first kappa shape index (κ1) is 25.0. The number of alkyl halides is 6. The Balaban J connectivity index is 1.83. The summed E-state index contributed by atoms with van der Waals surface area (Å²) in [5.74, 6) is -2.51. The van der Waals surface area contributed by atoms with Crippen molar-refractivity contribution in [2.75, 3.05) is 10.6 Å². The molecule has 0 spiro atoms. The van der Waals surface area contributed by atoms with Crippen LogP contribution >= 0.6 is 0 Å². The number of rotatable bonds is 4. The van der Waals surface area contributed by atoms with Gasteiger partial charge in [0, 0.05) is 12.8 Å². The maximum absolute atomic E-state index is 13.7. The molecule has 0 saturated carbocycles. The van der Waals surface area contributed by atoms with E-state index in [4.69, 9.17) is 5.26 Å². The molecule has 1 saturated heterocycles. The van der Waals surface area contributed by atoms with Gasteiger partial charge in [0.2, 0.25) is 11.8 Å². The van der Waals surface area contributed by atoms with Crippen molar-refractivity contribution >= 4 is 23.3 Å². The van der Waals surface area contributed by atoms with E-state index < -0.39 is 53.8 Å². The van der Waals surface area contributed by atoms with E-state index in [9.17, 15) is 35.9 Å². The van der Waals surface area contributed by atoms with Gasteiger partial charge in [0.05, 0.1) is 35.1 Å². The Hall–Kier alpha value is -3.66. The van der Waals surface area contributed by atoms with Gasteiger partial charge in [-0.1, -0.05) is 6.07 Å². The highest BCUT2D eigenvalue weighted by Crippen LogP contribution is 2.42. The second-order valence-electron chi connectivity index (χ2n) is 7.60. The average Bonchev–Trinajstić information content (AvgIpc) is 3.20. The van der Waals surface area contributed by atoms with Gasteiger partial charge < -0.3 is 10.6 Å². The molecule has 1 unspecified atom stereocenters. The van der Waals surface area contributed by atoms with Crippen molar-refractivity contribution in [1.29, 1.82) is 5.26 Å². The van der Waals surface area contributed by atoms with E-state index in [1.165, 1.54) is 31.3 Å². The third kappa shape index (κ3) is 5.63. The van der Waals surface area contributed by atoms with Crippen molar-refractivity contribution in [2.45, 2.75) is 43.7 Å². The van der Waals surface area contributed by atoms with E-state index in [0.29, 0.717) is 6.07 Å². The summed E-state index contributed by atoms with van der Waals surface area (Å²) in [6.45, 7) is 1.27. The number of hydrogen-bond donors (Lipinski definition) is 3. The molecule has 1 aliphatic rings. The van der Waals surface area contributed by atoms with Crippen molar-refractivity contribution in [3.63, 3.8) is 0 Å². The van der Waals surface area contributed by atoms with E-state index >= 15 is 0 Å². The fourth-order valence-electron chi connectivity index (χ4n) is 3.70. The predicted molar refractivity (Wildman–Crippen MR) is 107 cm³/mol. The zero-order valence-corrected chi connectivity index (χ0v) is 17.4. The lowest BCUT2D eigenvalue weighted by molar-refractivity contribution is -0.156. The van der Waals surface area contributed by atoms with Crippen molar-refractivity contribution in [1.82, 2.24) is 10.3 Å². The summed E-state index contributed by atoms with van der Waals surface area (Å²) in [7, 11) is 0. The highest BCUT2D eigenvalue weighted by atomic mass is 19.4. The van der Waals surface area contributed by atoms with Crippen LogP contribution in [0.5, 0.6) is 0 Å². The number of benzene rings is 1. The molecule has 1 aromatic heterocycles. The summed E-state index contributed by atoms with van der Waals surface area (Å²) in [6.07, 6.45) is -9.04. The van der Waals surface area contributed by atoms with Gasteiger partial charge in [0.1, 0.15) is 11.9 Å². The minimum Gasteiger partial charge on any atom is -0.323 e. The number of hydrogen-bond acceptors (Lipinski definition) is 5. The van der Waals surface area contributed by atoms with E-state index in [0.717, 1.165) is 12.1 Å². The molecule has 1 aromatic carbocycles. The highest BCUT2D eigenvalue weighted by Gasteiger charge is 2.52. The number of anilines is 2. The molecule has 3 rings (SSSR count). The van der Waals surface area contributed by atoms with Gasteiger partial charge in [-0.25, -0.2) is 4.98 Å². The zero-order chi connectivity index (χ0) is 25.3. The molecule has 3 atom stereocenters. The third-order valence-electron chi connectivity index (χ3n) is 5.17. The average molecular weight is 485 g/mol. The molecule has 7 nitrogen and oxygen atoms in total. The van der Waals surface area contributed by atoms with Crippen molar-refractivity contribution in [3.8, 4) is 6.07 Å². The lowest BCUT2D eigenvalue weighted by Crippen LogP contribution is -2.46. The maximum Gasteiger partial charge on any atom is 0.417 e. The molecule has 1 aliphatic heterocycles. The molecule has 0 bridgehead atoms. The van der Waals surface area contributed by atoms with Gasteiger partial charge in [0.25, 0.3) is 0 Å². The van der Waals surface area contributed by atoms with Crippen molar-refractivity contribution in [2.24, 2.45) is 0 Å². The smallest absolute Gasteiger partial charge is 0.323 e. The Labute approximate surface area is 189 Å². The minimum absolute atomic E-state index is 0.144. The third-order valence-corrected chi connectivity index (χ3v) is 5.17. The topological polar surface area (TPSA) is 107 Å². The largest absolute Gasteiger partial charge is 0.417 e. The van der Waals surface area contributed by atoms with E-state index in [1.54, 1.807) is 0 Å². The molecule has 1 fully saturated rings. The second kappa shape index (κ2) is 9.30. The van der Waals surface area contributed by atoms with E-state index in [-0.39, 0.29) is 23.0 Å². The number of pyridine rings is 1. The first-order valence-electron chi connectivity index (χ1n) is 9.78. The quantitative estimate of drug-likeness (QED) is 0.569. The van der Waals surface area contributed by atoms with E-state index in [1.807, 2.05) is 0 Å². The zero-order valence-electron chi connectivity index (χ0n) is 17.4. The lowest BCUT2D eigenvalue weighted by atomic mass is 9.88. The summed E-state index contributed by atoms with van der Waals surface area (Å²) in [4.78, 5) is 27.5. The van der Waals surface area contributed by atoms with Crippen molar-refractivity contribution < 1.29 is 35.9 Å². The van der Waals surface area contributed by atoms with Crippen LogP contribution in [0.1, 0.15) is 36.0 Å². The summed E-state index contributed by atoms with van der Waals surface area (Å²) < 4.78 is 80.9. The van der Waals surface area contributed by atoms with E-state index in [2.05, 4.69) is 20.9 Å². The SMILES string of the molecule is CC(=O)Nc1ccc(NC(=O)[C@@H]2CC(c3ccc(C#N)c(C(F)(F)F)c3)[C@H](C(F)(F)F)N2)cn1. The standard InChI is InChI=1S/C21H17F6N5O2/c1-10(33)30-17-5-4-13(9-29-17)31-19(34)16-7-14(18(32-16)21(25,26)27)11-2-3-12(8-28)15(6-11)20(22,23)24/h2-6,9,14,16,18,32H,7H2,1H3,(H,31,34)(H,29,30,33)/t14?,16-,18+/m0/s1. The minimum atomic E-state index is -4.94. The highest BCUT2D eigenvalue weighted by molar-refractivity contribution is 5.95.